The minimum atomic E-state index is -0.0188. The van der Waals surface area contributed by atoms with Crippen molar-refractivity contribution in [3.63, 3.8) is 0 Å². The van der Waals surface area contributed by atoms with Crippen LogP contribution in [0.3, 0.4) is 0 Å². The van der Waals surface area contributed by atoms with Gasteiger partial charge < -0.3 is 10.3 Å². The van der Waals surface area contributed by atoms with Crippen LogP contribution in [0.2, 0.25) is 0 Å². The molecule has 2 atom stereocenters. The van der Waals surface area contributed by atoms with Gasteiger partial charge in [0.05, 0.1) is 6.04 Å². The van der Waals surface area contributed by atoms with Crippen LogP contribution in [0.4, 0.5) is 0 Å². The fraction of sp³-hybridized carbons (Fsp3) is 0.423. The van der Waals surface area contributed by atoms with E-state index in [0.717, 1.165) is 37.9 Å². The number of nitrogens with zero attached hydrogens (tertiary/aromatic N) is 1. The molecular weight excluding hydrogens is 370 g/mol. The van der Waals surface area contributed by atoms with Crippen LogP contribution >= 0.6 is 0 Å². The van der Waals surface area contributed by atoms with Crippen LogP contribution in [-0.4, -0.2) is 28.9 Å². The maximum atomic E-state index is 13.1. The summed E-state index contributed by atoms with van der Waals surface area (Å²) in [6.45, 7) is 5.09. The highest BCUT2D eigenvalue weighted by atomic mass is 16.1. The number of aromatic nitrogens is 1. The average molecular weight is 402 g/mol. The number of para-hydroxylation sites is 1. The third-order valence-corrected chi connectivity index (χ3v) is 7.38. The molecule has 5 rings (SSSR count). The predicted octanol–water partition coefficient (Wildman–Crippen LogP) is 4.96. The molecule has 2 N–H and O–H groups in total. The number of nitrogens with one attached hydrogen (secondary N) is 2. The highest BCUT2D eigenvalue weighted by Crippen LogP contribution is 2.53. The van der Waals surface area contributed by atoms with Crippen molar-refractivity contribution in [2.45, 2.75) is 51.6 Å². The summed E-state index contributed by atoms with van der Waals surface area (Å²) in [4.78, 5) is 19.5. The molecule has 1 aromatic heterocycles. The lowest BCUT2D eigenvalue weighted by atomic mass is 9.66. The van der Waals surface area contributed by atoms with Gasteiger partial charge in [0, 0.05) is 41.5 Å². The van der Waals surface area contributed by atoms with Crippen molar-refractivity contribution in [3.8, 4) is 0 Å². The summed E-state index contributed by atoms with van der Waals surface area (Å²) >= 11 is 0. The Hall–Kier alpha value is -2.59. The normalized spacial score (nSPS) is 23.7. The van der Waals surface area contributed by atoms with Crippen LogP contribution < -0.4 is 5.32 Å². The molecule has 0 aliphatic carbocycles. The molecule has 156 valence electrons. The predicted molar refractivity (Wildman–Crippen MR) is 121 cm³/mol. The van der Waals surface area contributed by atoms with Gasteiger partial charge in [0.25, 0.3) is 0 Å². The van der Waals surface area contributed by atoms with Crippen LogP contribution in [0.5, 0.6) is 0 Å². The molecule has 2 aliphatic rings. The molecule has 1 fully saturated rings. The molecule has 0 radical (unpaired) electrons. The first-order valence-electron chi connectivity index (χ1n) is 11.3. The van der Waals surface area contributed by atoms with Crippen LogP contribution in [0.25, 0.3) is 10.9 Å². The smallest absolute Gasteiger partial charge is 0.220 e. The number of piperidine rings is 1. The van der Waals surface area contributed by atoms with Crippen molar-refractivity contribution < 1.29 is 4.79 Å². The third-order valence-electron chi connectivity index (χ3n) is 7.38. The number of fused-ring (bicyclic) bond motifs is 5. The monoisotopic (exact) mass is 401 g/mol. The second-order valence-electron chi connectivity index (χ2n) is 9.01. The van der Waals surface area contributed by atoms with Crippen LogP contribution in [0, 0.1) is 5.41 Å². The molecule has 4 heteroatoms. The molecule has 1 saturated heterocycles. The van der Waals surface area contributed by atoms with E-state index in [1.54, 1.807) is 0 Å². The van der Waals surface area contributed by atoms with E-state index in [0.29, 0.717) is 19.0 Å². The lowest BCUT2D eigenvalue weighted by molar-refractivity contribution is -0.127. The number of carbonyl (C=O) groups is 1. The number of hydrogen-bond acceptors (Lipinski definition) is 2. The Labute approximate surface area is 178 Å². The van der Waals surface area contributed by atoms with Crippen molar-refractivity contribution >= 4 is 16.8 Å². The Kier molecular flexibility index (Phi) is 5.11. The molecule has 2 aromatic carbocycles. The van der Waals surface area contributed by atoms with Crippen LogP contribution in [-0.2, 0) is 17.8 Å². The van der Waals surface area contributed by atoms with Gasteiger partial charge in [0.15, 0.2) is 0 Å². The van der Waals surface area contributed by atoms with E-state index in [9.17, 15) is 4.79 Å². The zero-order chi connectivity index (χ0) is 20.6. The van der Waals surface area contributed by atoms with Crippen LogP contribution in [0.15, 0.2) is 54.6 Å². The lowest BCUT2D eigenvalue weighted by Gasteiger charge is -2.51. The second-order valence-corrected chi connectivity index (χ2v) is 9.01. The highest BCUT2D eigenvalue weighted by molar-refractivity contribution is 5.85. The van der Waals surface area contributed by atoms with Gasteiger partial charge in [-0.2, -0.15) is 0 Å². The van der Waals surface area contributed by atoms with E-state index in [1.807, 2.05) is 18.2 Å². The van der Waals surface area contributed by atoms with Gasteiger partial charge >= 0.3 is 0 Å². The average Bonchev–Trinajstić information content (AvgIpc) is 3.17. The quantitative estimate of drug-likeness (QED) is 0.634. The van der Waals surface area contributed by atoms with Gasteiger partial charge in [-0.25, -0.2) is 0 Å². The molecular formula is C26H31N3O. The summed E-state index contributed by atoms with van der Waals surface area (Å²) in [5.41, 5.74) is 5.19. The molecule has 1 amide bonds. The van der Waals surface area contributed by atoms with E-state index in [2.05, 4.69) is 58.5 Å². The fourth-order valence-corrected chi connectivity index (χ4v) is 5.85. The number of H-pyrrole nitrogens is 1. The van der Waals surface area contributed by atoms with Crippen molar-refractivity contribution in [2.75, 3.05) is 13.1 Å². The molecule has 3 heterocycles. The first-order valence-corrected chi connectivity index (χ1v) is 11.3. The van der Waals surface area contributed by atoms with Crippen molar-refractivity contribution in [3.05, 3.63) is 71.4 Å². The number of amides is 1. The topological polar surface area (TPSA) is 48.1 Å². The summed E-state index contributed by atoms with van der Waals surface area (Å²) in [7, 11) is 0. The first-order chi connectivity index (χ1) is 14.7. The maximum absolute atomic E-state index is 13.1. The first kappa shape index (κ1) is 19.4. The number of rotatable bonds is 5. The van der Waals surface area contributed by atoms with Crippen molar-refractivity contribution in [1.29, 1.82) is 0 Å². The van der Waals surface area contributed by atoms with Gasteiger partial charge in [-0.3, -0.25) is 9.69 Å². The Balaban J connectivity index is 1.44. The molecule has 4 nitrogen and oxygen atoms in total. The Morgan fingerprint density at radius 1 is 1.13 bits per heavy atom. The molecule has 2 aliphatic heterocycles. The lowest BCUT2D eigenvalue weighted by Crippen LogP contribution is -2.50. The van der Waals surface area contributed by atoms with Crippen molar-refractivity contribution in [1.82, 2.24) is 15.2 Å². The SMILES string of the molecule is CC[C@@]1(CC(=O)NCc2ccccc2)CCCN2CCc3c([nH]c4ccccc34)[C@@H]21. The van der Waals surface area contributed by atoms with E-state index in [1.165, 1.54) is 28.6 Å². The zero-order valence-corrected chi connectivity index (χ0v) is 17.8. The van der Waals surface area contributed by atoms with E-state index >= 15 is 0 Å². The highest BCUT2D eigenvalue weighted by Gasteiger charge is 2.48. The van der Waals surface area contributed by atoms with E-state index in [-0.39, 0.29) is 11.3 Å². The summed E-state index contributed by atoms with van der Waals surface area (Å²) in [5.74, 6) is 0.172. The Bertz CT molecular complexity index is 1040. The standard InChI is InChI=1S/C26H31N3O/c1-2-26(17-23(30)27-18-19-9-4-3-5-10-19)14-8-15-29-16-13-21-20-11-6-7-12-22(20)28-24(21)25(26)29/h3-7,9-12,25,28H,2,8,13-18H2,1H3,(H,27,30)/t25-,26+/m1/s1. The second kappa shape index (κ2) is 7.92. The molecule has 3 aromatic rings. The van der Waals surface area contributed by atoms with E-state index in [4.69, 9.17) is 0 Å². The van der Waals surface area contributed by atoms with Gasteiger partial charge in [-0.1, -0.05) is 55.5 Å². The Morgan fingerprint density at radius 3 is 2.77 bits per heavy atom. The Morgan fingerprint density at radius 2 is 1.93 bits per heavy atom. The molecule has 0 spiro atoms. The minimum Gasteiger partial charge on any atom is -0.357 e. The number of hydrogen-bond donors (Lipinski definition) is 2. The molecule has 0 unspecified atom stereocenters. The number of aromatic amines is 1. The molecule has 0 bridgehead atoms. The van der Waals surface area contributed by atoms with Crippen LogP contribution in [0.1, 0.15) is 55.5 Å². The molecule has 0 saturated carbocycles. The van der Waals surface area contributed by atoms with Gasteiger partial charge in [0.2, 0.25) is 5.91 Å². The summed E-state index contributed by atoms with van der Waals surface area (Å²) in [6.07, 6.45) is 4.98. The van der Waals surface area contributed by atoms with Crippen molar-refractivity contribution in [2.24, 2.45) is 5.41 Å². The molecule has 30 heavy (non-hydrogen) atoms. The largest absolute Gasteiger partial charge is 0.357 e. The fourth-order valence-electron chi connectivity index (χ4n) is 5.85. The van der Waals surface area contributed by atoms with Gasteiger partial charge in [-0.15, -0.1) is 0 Å². The summed E-state index contributed by atoms with van der Waals surface area (Å²) in [5, 5.41) is 4.54. The zero-order valence-electron chi connectivity index (χ0n) is 17.8. The number of benzene rings is 2. The van der Waals surface area contributed by atoms with Gasteiger partial charge in [0.1, 0.15) is 0 Å². The van der Waals surface area contributed by atoms with Gasteiger partial charge in [-0.05, 0) is 49.4 Å². The van der Waals surface area contributed by atoms with E-state index < -0.39 is 0 Å². The summed E-state index contributed by atoms with van der Waals surface area (Å²) < 4.78 is 0. The summed E-state index contributed by atoms with van der Waals surface area (Å²) in [6, 6.07) is 19.1. The number of carbonyl (C=O) groups excluding carboxylic acids is 1. The third kappa shape index (κ3) is 3.33. The minimum absolute atomic E-state index is 0.0188. The maximum Gasteiger partial charge on any atom is 0.220 e.